The number of unbranched alkanes of at least 4 members (excludes halogenated alkanes) is 20. The van der Waals surface area contributed by atoms with Gasteiger partial charge in [0.1, 0.15) is 6.61 Å². The minimum atomic E-state index is -0.799. The number of allylic oxidation sites excluding steroid dienone is 8. The maximum Gasteiger partial charge on any atom is 0.306 e. The Balaban J connectivity index is 3.64. The van der Waals surface area contributed by atoms with Gasteiger partial charge in [-0.2, -0.15) is 0 Å². The average molecular weight is 673 g/mol. The predicted molar refractivity (Wildman–Crippen MR) is 205 cm³/mol. The predicted octanol–water partition coefficient (Wildman–Crippen LogP) is 12.6. The van der Waals surface area contributed by atoms with Crippen LogP contribution in [-0.2, 0) is 19.1 Å². The van der Waals surface area contributed by atoms with E-state index >= 15 is 0 Å². The average Bonchev–Trinajstić information content (AvgIpc) is 3.09. The number of hydrogen-bond donors (Lipinski definition) is 1. The van der Waals surface area contributed by atoms with Crippen LogP contribution in [0.15, 0.2) is 48.6 Å². The van der Waals surface area contributed by atoms with E-state index in [-0.39, 0.29) is 31.6 Å². The number of hydrogen-bond acceptors (Lipinski definition) is 5. The number of carbonyl (C=O) groups is 2. The van der Waals surface area contributed by atoms with E-state index in [1.165, 1.54) is 122 Å². The third kappa shape index (κ3) is 36.7. The Labute approximate surface area is 297 Å². The van der Waals surface area contributed by atoms with Gasteiger partial charge in [0.25, 0.3) is 0 Å². The summed E-state index contributed by atoms with van der Waals surface area (Å²) in [7, 11) is 0. The zero-order valence-electron chi connectivity index (χ0n) is 31.5. The van der Waals surface area contributed by atoms with Crippen molar-refractivity contribution < 1.29 is 24.2 Å². The summed E-state index contributed by atoms with van der Waals surface area (Å²) in [4.78, 5) is 24.2. The van der Waals surface area contributed by atoms with Gasteiger partial charge in [-0.05, 0) is 70.6 Å². The minimum Gasteiger partial charge on any atom is -0.462 e. The summed E-state index contributed by atoms with van der Waals surface area (Å²) in [6.45, 7) is 4.08. The molecule has 0 aliphatic carbocycles. The quantitative estimate of drug-likeness (QED) is 0.0407. The zero-order chi connectivity index (χ0) is 35.0. The van der Waals surface area contributed by atoms with E-state index < -0.39 is 6.10 Å². The van der Waals surface area contributed by atoms with Gasteiger partial charge in [0.2, 0.25) is 0 Å². The molecule has 0 aliphatic heterocycles. The number of ether oxygens (including phenoxy) is 2. The largest absolute Gasteiger partial charge is 0.462 e. The molecular formula is C43H76O5. The first-order valence-corrected chi connectivity index (χ1v) is 20.2. The summed E-state index contributed by atoms with van der Waals surface area (Å²) in [6, 6.07) is 0. The smallest absolute Gasteiger partial charge is 0.306 e. The first-order valence-electron chi connectivity index (χ1n) is 20.2. The second-order valence-corrected chi connectivity index (χ2v) is 13.4. The summed E-state index contributed by atoms with van der Waals surface area (Å²) >= 11 is 0. The molecule has 0 radical (unpaired) electrons. The standard InChI is InChI=1S/C43H76O5/c1-3-5-7-9-11-13-15-17-19-21-23-25-27-29-31-33-35-37-42(45)47-40-41(39-44)48-43(46)38-36-34-32-30-28-26-24-22-20-18-16-14-12-10-8-6-4-2/h17-20,24,26,30,32,41,44H,3-16,21-23,25,27-29,31,33-40H2,1-2H3. The van der Waals surface area contributed by atoms with Gasteiger partial charge in [-0.1, -0.05) is 159 Å². The number of esters is 2. The van der Waals surface area contributed by atoms with Crippen LogP contribution in [0.3, 0.4) is 0 Å². The molecule has 1 atom stereocenters. The highest BCUT2D eigenvalue weighted by Gasteiger charge is 2.15. The van der Waals surface area contributed by atoms with Crippen molar-refractivity contribution in [2.75, 3.05) is 13.2 Å². The Morgan fingerprint density at radius 2 is 0.854 bits per heavy atom. The van der Waals surface area contributed by atoms with Crippen molar-refractivity contribution in [3.63, 3.8) is 0 Å². The molecule has 0 spiro atoms. The molecule has 0 fully saturated rings. The number of aliphatic hydroxyl groups is 1. The lowest BCUT2D eigenvalue weighted by molar-refractivity contribution is -0.161. The van der Waals surface area contributed by atoms with Gasteiger partial charge in [0.15, 0.2) is 6.10 Å². The monoisotopic (exact) mass is 673 g/mol. The molecule has 0 aromatic carbocycles. The van der Waals surface area contributed by atoms with E-state index in [1.54, 1.807) is 0 Å². The highest BCUT2D eigenvalue weighted by Crippen LogP contribution is 2.12. The highest BCUT2D eigenvalue weighted by atomic mass is 16.6. The van der Waals surface area contributed by atoms with Crippen molar-refractivity contribution >= 4 is 11.9 Å². The third-order valence-electron chi connectivity index (χ3n) is 8.60. The molecule has 0 aromatic heterocycles. The van der Waals surface area contributed by atoms with Gasteiger partial charge in [0, 0.05) is 12.8 Å². The third-order valence-corrected chi connectivity index (χ3v) is 8.60. The highest BCUT2D eigenvalue weighted by molar-refractivity contribution is 5.70. The summed E-state index contributed by atoms with van der Waals surface area (Å²) in [5.41, 5.74) is 0. The second kappa shape index (κ2) is 39.3. The van der Waals surface area contributed by atoms with Gasteiger partial charge in [-0.25, -0.2) is 0 Å². The lowest BCUT2D eigenvalue weighted by atomic mass is 10.1. The van der Waals surface area contributed by atoms with Crippen LogP contribution in [0.4, 0.5) is 0 Å². The Kier molecular flexibility index (Phi) is 37.5. The molecule has 0 rings (SSSR count). The lowest BCUT2D eigenvalue weighted by Crippen LogP contribution is -2.28. The maximum atomic E-state index is 12.1. The van der Waals surface area contributed by atoms with Crippen molar-refractivity contribution in [2.45, 2.75) is 200 Å². The van der Waals surface area contributed by atoms with E-state index in [4.69, 9.17) is 9.47 Å². The van der Waals surface area contributed by atoms with E-state index in [9.17, 15) is 14.7 Å². The molecule has 0 aliphatic rings. The molecular weight excluding hydrogens is 596 g/mol. The summed E-state index contributed by atoms with van der Waals surface area (Å²) in [6.07, 6.45) is 48.9. The fourth-order valence-corrected chi connectivity index (χ4v) is 5.51. The van der Waals surface area contributed by atoms with Crippen LogP contribution in [0.1, 0.15) is 194 Å². The van der Waals surface area contributed by atoms with Gasteiger partial charge >= 0.3 is 11.9 Å². The van der Waals surface area contributed by atoms with E-state index in [1.807, 2.05) is 0 Å². The molecule has 0 bridgehead atoms. The molecule has 0 aromatic rings. The van der Waals surface area contributed by atoms with E-state index in [0.29, 0.717) is 12.8 Å². The molecule has 0 heterocycles. The van der Waals surface area contributed by atoms with Crippen LogP contribution >= 0.6 is 0 Å². The van der Waals surface area contributed by atoms with Gasteiger partial charge in [-0.3, -0.25) is 9.59 Å². The Morgan fingerprint density at radius 1 is 0.479 bits per heavy atom. The molecule has 278 valence electrons. The SMILES string of the molecule is CCCCCCCCC=CCC=CCC=CCCCC(=O)OC(CO)COC(=O)CCCCCCCCCC=CCCCCCCCC. The number of carbonyl (C=O) groups excluding carboxylic acids is 2. The fourth-order valence-electron chi connectivity index (χ4n) is 5.51. The molecule has 5 nitrogen and oxygen atoms in total. The molecule has 1 N–H and O–H groups in total. The van der Waals surface area contributed by atoms with Gasteiger partial charge in [0.05, 0.1) is 6.61 Å². The van der Waals surface area contributed by atoms with Crippen LogP contribution in [0.2, 0.25) is 0 Å². The number of aliphatic hydroxyl groups excluding tert-OH is 1. The van der Waals surface area contributed by atoms with Gasteiger partial charge < -0.3 is 14.6 Å². The Morgan fingerprint density at radius 3 is 1.33 bits per heavy atom. The summed E-state index contributed by atoms with van der Waals surface area (Å²) in [5, 5.41) is 9.55. The van der Waals surface area contributed by atoms with E-state index in [2.05, 4.69) is 62.5 Å². The Hall–Kier alpha value is -2.14. The molecule has 48 heavy (non-hydrogen) atoms. The van der Waals surface area contributed by atoms with E-state index in [0.717, 1.165) is 38.5 Å². The maximum absolute atomic E-state index is 12.1. The zero-order valence-corrected chi connectivity index (χ0v) is 31.5. The topological polar surface area (TPSA) is 72.8 Å². The number of rotatable bonds is 36. The van der Waals surface area contributed by atoms with Crippen molar-refractivity contribution in [1.82, 2.24) is 0 Å². The minimum absolute atomic E-state index is 0.0883. The molecule has 0 saturated carbocycles. The van der Waals surface area contributed by atoms with Crippen molar-refractivity contribution in [3.05, 3.63) is 48.6 Å². The molecule has 5 heteroatoms. The second-order valence-electron chi connectivity index (χ2n) is 13.4. The summed E-state index contributed by atoms with van der Waals surface area (Å²) in [5.74, 6) is -0.657. The van der Waals surface area contributed by atoms with Gasteiger partial charge in [-0.15, -0.1) is 0 Å². The van der Waals surface area contributed by atoms with Crippen LogP contribution < -0.4 is 0 Å². The van der Waals surface area contributed by atoms with Crippen molar-refractivity contribution in [1.29, 1.82) is 0 Å². The molecule has 1 unspecified atom stereocenters. The summed E-state index contributed by atoms with van der Waals surface area (Å²) < 4.78 is 10.6. The van der Waals surface area contributed by atoms with Crippen molar-refractivity contribution in [2.24, 2.45) is 0 Å². The normalized spacial score (nSPS) is 12.6. The first kappa shape index (κ1) is 45.9. The first-order chi connectivity index (χ1) is 23.6. The lowest BCUT2D eigenvalue weighted by Gasteiger charge is -2.15. The van der Waals surface area contributed by atoms with Crippen LogP contribution in [0.25, 0.3) is 0 Å². The Bertz CT molecular complexity index is 812. The molecule has 0 amide bonds. The molecule has 0 saturated heterocycles. The fraction of sp³-hybridized carbons (Fsp3) is 0.767. The van der Waals surface area contributed by atoms with Crippen LogP contribution in [-0.4, -0.2) is 36.4 Å². The van der Waals surface area contributed by atoms with Crippen LogP contribution in [0, 0.1) is 0 Å². The van der Waals surface area contributed by atoms with Crippen LogP contribution in [0.5, 0.6) is 0 Å². The van der Waals surface area contributed by atoms with Crippen molar-refractivity contribution in [3.8, 4) is 0 Å².